The topological polar surface area (TPSA) is 66.3 Å². The number of H-pyrrole nitrogens is 1. The largest absolute Gasteiger partial charge is 0.467 e. The fourth-order valence-corrected chi connectivity index (χ4v) is 4.60. The van der Waals surface area contributed by atoms with E-state index in [4.69, 9.17) is 4.42 Å². The van der Waals surface area contributed by atoms with Crippen molar-refractivity contribution in [2.75, 3.05) is 0 Å². The number of thiophene rings is 1. The number of rotatable bonds is 5. The minimum atomic E-state index is -0.0999. The minimum Gasteiger partial charge on any atom is -0.467 e. The first-order chi connectivity index (χ1) is 13.0. The average molecular weight is 382 g/mol. The van der Waals surface area contributed by atoms with Gasteiger partial charge in [-0.15, -0.1) is 11.3 Å². The number of nitrogens with zero attached hydrogens (tertiary/aromatic N) is 1. The highest BCUT2D eigenvalue weighted by atomic mass is 32.1. The van der Waals surface area contributed by atoms with Gasteiger partial charge in [-0.3, -0.25) is 9.59 Å². The molecular weight excluding hydrogens is 360 g/mol. The van der Waals surface area contributed by atoms with Crippen LogP contribution < -0.4 is 0 Å². The molecule has 3 aromatic heterocycles. The minimum absolute atomic E-state index is 0.0999. The van der Waals surface area contributed by atoms with E-state index in [-0.39, 0.29) is 11.7 Å². The molecule has 1 amide bonds. The number of ketones is 1. The van der Waals surface area contributed by atoms with Crippen LogP contribution in [0.3, 0.4) is 0 Å². The molecule has 0 fully saturated rings. The predicted molar refractivity (Wildman–Crippen MR) is 104 cm³/mol. The SMILES string of the molecule is Cc1ccc(CN(Cc2ccco2)C(=O)c2[nH]c3c(c2C)C(=O)CCC3)s1. The molecule has 1 aliphatic carbocycles. The molecule has 0 aliphatic heterocycles. The van der Waals surface area contributed by atoms with Crippen molar-refractivity contribution < 1.29 is 14.0 Å². The molecule has 0 atom stereocenters. The van der Waals surface area contributed by atoms with Crippen LogP contribution in [0.2, 0.25) is 0 Å². The highest BCUT2D eigenvalue weighted by Gasteiger charge is 2.29. The number of aromatic nitrogens is 1. The lowest BCUT2D eigenvalue weighted by molar-refractivity contribution is 0.0713. The van der Waals surface area contributed by atoms with Crippen LogP contribution in [0, 0.1) is 13.8 Å². The first-order valence-corrected chi connectivity index (χ1v) is 9.96. The van der Waals surface area contributed by atoms with Crippen LogP contribution in [0.5, 0.6) is 0 Å². The number of hydrogen-bond acceptors (Lipinski definition) is 4. The molecule has 1 aliphatic rings. The molecule has 6 heteroatoms. The number of carbonyl (C=O) groups is 2. The highest BCUT2D eigenvalue weighted by Crippen LogP contribution is 2.28. The Balaban J connectivity index is 1.66. The average Bonchev–Trinajstić information content (AvgIpc) is 3.36. The monoisotopic (exact) mass is 382 g/mol. The van der Waals surface area contributed by atoms with Crippen molar-refractivity contribution in [3.63, 3.8) is 0 Å². The Labute approximate surface area is 162 Å². The summed E-state index contributed by atoms with van der Waals surface area (Å²) in [5, 5.41) is 0. The van der Waals surface area contributed by atoms with Crippen molar-refractivity contribution in [1.29, 1.82) is 0 Å². The van der Waals surface area contributed by atoms with Gasteiger partial charge in [0, 0.05) is 27.4 Å². The Hall–Kier alpha value is -2.60. The molecule has 0 radical (unpaired) electrons. The van der Waals surface area contributed by atoms with Gasteiger partial charge < -0.3 is 14.3 Å². The zero-order valence-corrected chi connectivity index (χ0v) is 16.3. The van der Waals surface area contributed by atoms with Gasteiger partial charge in [0.05, 0.1) is 19.4 Å². The summed E-state index contributed by atoms with van der Waals surface area (Å²) in [5.41, 5.74) is 2.91. The number of Topliss-reactive ketones (excluding diaryl/α,β-unsaturated/α-hetero) is 1. The summed E-state index contributed by atoms with van der Waals surface area (Å²) in [4.78, 5) is 33.0. The molecule has 4 rings (SSSR count). The molecule has 3 heterocycles. The second kappa shape index (κ2) is 7.19. The van der Waals surface area contributed by atoms with Gasteiger partial charge in [0.15, 0.2) is 5.78 Å². The fraction of sp³-hybridized carbons (Fsp3) is 0.333. The number of amides is 1. The zero-order chi connectivity index (χ0) is 19.0. The van der Waals surface area contributed by atoms with Gasteiger partial charge in [-0.1, -0.05) is 0 Å². The van der Waals surface area contributed by atoms with E-state index in [1.807, 2.05) is 19.1 Å². The molecule has 0 bridgehead atoms. The standard InChI is InChI=1S/C21H22N2O3S/c1-13-8-9-16(27-13)12-23(11-15-5-4-10-26-15)21(25)20-14(2)19-17(22-20)6-3-7-18(19)24/h4-5,8-10,22H,3,6-7,11-12H2,1-2H3. The van der Waals surface area contributed by atoms with Gasteiger partial charge >= 0.3 is 0 Å². The van der Waals surface area contributed by atoms with Crippen molar-refractivity contribution >= 4 is 23.0 Å². The molecule has 0 saturated carbocycles. The number of hydrogen-bond donors (Lipinski definition) is 1. The molecule has 0 unspecified atom stereocenters. The number of nitrogens with one attached hydrogen (secondary N) is 1. The third kappa shape index (κ3) is 3.49. The Morgan fingerprint density at radius 3 is 2.74 bits per heavy atom. The maximum absolute atomic E-state index is 13.4. The summed E-state index contributed by atoms with van der Waals surface area (Å²) in [6, 6.07) is 7.81. The first-order valence-electron chi connectivity index (χ1n) is 9.14. The Morgan fingerprint density at radius 2 is 2.07 bits per heavy atom. The lowest BCUT2D eigenvalue weighted by Crippen LogP contribution is -2.30. The van der Waals surface area contributed by atoms with Crippen molar-refractivity contribution in [2.24, 2.45) is 0 Å². The van der Waals surface area contributed by atoms with E-state index in [2.05, 4.69) is 24.0 Å². The van der Waals surface area contributed by atoms with Crippen LogP contribution in [0.1, 0.15) is 60.5 Å². The lowest BCUT2D eigenvalue weighted by atomic mass is 9.94. The van der Waals surface area contributed by atoms with Crippen LogP contribution in [-0.4, -0.2) is 21.6 Å². The first kappa shape index (κ1) is 17.8. The van der Waals surface area contributed by atoms with Crippen LogP contribution >= 0.6 is 11.3 Å². The number of carbonyl (C=O) groups excluding carboxylic acids is 2. The summed E-state index contributed by atoms with van der Waals surface area (Å²) in [6.07, 6.45) is 3.83. The van der Waals surface area contributed by atoms with Gasteiger partial charge in [0.25, 0.3) is 5.91 Å². The zero-order valence-electron chi connectivity index (χ0n) is 15.5. The molecule has 5 nitrogen and oxygen atoms in total. The molecule has 27 heavy (non-hydrogen) atoms. The molecule has 0 saturated heterocycles. The summed E-state index contributed by atoms with van der Waals surface area (Å²) >= 11 is 1.68. The van der Waals surface area contributed by atoms with E-state index < -0.39 is 0 Å². The van der Waals surface area contributed by atoms with Crippen molar-refractivity contribution in [2.45, 2.75) is 46.2 Å². The van der Waals surface area contributed by atoms with E-state index in [1.165, 1.54) is 4.88 Å². The van der Waals surface area contributed by atoms with E-state index in [9.17, 15) is 9.59 Å². The summed E-state index contributed by atoms with van der Waals surface area (Å²) in [6.45, 7) is 4.82. The van der Waals surface area contributed by atoms with E-state index >= 15 is 0 Å². The van der Waals surface area contributed by atoms with Crippen molar-refractivity contribution in [3.8, 4) is 0 Å². The molecular formula is C21H22N2O3S. The number of furan rings is 1. The van der Waals surface area contributed by atoms with Crippen LogP contribution in [-0.2, 0) is 19.5 Å². The van der Waals surface area contributed by atoms with E-state index in [1.54, 1.807) is 22.5 Å². The van der Waals surface area contributed by atoms with Gasteiger partial charge in [-0.2, -0.15) is 0 Å². The fourth-order valence-electron chi connectivity index (χ4n) is 3.69. The van der Waals surface area contributed by atoms with Gasteiger partial charge in [0.2, 0.25) is 0 Å². The Kier molecular flexibility index (Phi) is 4.74. The number of aryl methyl sites for hydroxylation is 2. The quantitative estimate of drug-likeness (QED) is 0.699. The lowest BCUT2D eigenvalue weighted by Gasteiger charge is -2.21. The summed E-state index contributed by atoms with van der Waals surface area (Å²) < 4.78 is 5.47. The molecule has 3 aromatic rings. The smallest absolute Gasteiger partial charge is 0.271 e. The summed E-state index contributed by atoms with van der Waals surface area (Å²) in [7, 11) is 0. The second-order valence-electron chi connectivity index (χ2n) is 7.01. The molecule has 140 valence electrons. The Morgan fingerprint density at radius 1 is 1.22 bits per heavy atom. The molecule has 0 aromatic carbocycles. The van der Waals surface area contributed by atoms with Gasteiger partial charge in [-0.25, -0.2) is 0 Å². The van der Waals surface area contributed by atoms with Gasteiger partial charge in [0.1, 0.15) is 11.5 Å². The van der Waals surface area contributed by atoms with E-state index in [0.29, 0.717) is 25.2 Å². The number of fused-ring (bicyclic) bond motifs is 1. The molecule has 0 spiro atoms. The van der Waals surface area contributed by atoms with Crippen molar-refractivity contribution in [3.05, 3.63) is 68.6 Å². The highest BCUT2D eigenvalue weighted by molar-refractivity contribution is 7.11. The van der Waals surface area contributed by atoms with Crippen molar-refractivity contribution in [1.82, 2.24) is 9.88 Å². The third-order valence-corrected chi connectivity index (χ3v) is 5.99. The normalized spacial score (nSPS) is 13.6. The van der Waals surface area contributed by atoms with Gasteiger partial charge in [-0.05, 0) is 56.5 Å². The Bertz CT molecular complexity index is 981. The predicted octanol–water partition coefficient (Wildman–Crippen LogP) is 4.65. The van der Waals surface area contributed by atoms with Crippen LogP contribution in [0.4, 0.5) is 0 Å². The molecule has 1 N–H and O–H groups in total. The van der Waals surface area contributed by atoms with E-state index in [0.717, 1.165) is 40.3 Å². The second-order valence-corrected chi connectivity index (χ2v) is 8.38. The van der Waals surface area contributed by atoms with Crippen LogP contribution in [0.25, 0.3) is 0 Å². The maximum Gasteiger partial charge on any atom is 0.271 e. The number of aromatic amines is 1. The maximum atomic E-state index is 13.4. The third-order valence-electron chi connectivity index (χ3n) is 5.01. The summed E-state index contributed by atoms with van der Waals surface area (Å²) in [5.74, 6) is 0.773. The van der Waals surface area contributed by atoms with Crippen LogP contribution in [0.15, 0.2) is 34.9 Å².